The summed E-state index contributed by atoms with van der Waals surface area (Å²) in [6, 6.07) is 14.0. The van der Waals surface area contributed by atoms with Gasteiger partial charge in [0.2, 0.25) is 0 Å². The van der Waals surface area contributed by atoms with Crippen molar-refractivity contribution in [1.29, 1.82) is 5.26 Å². The molecule has 0 radical (unpaired) electrons. The highest BCUT2D eigenvalue weighted by molar-refractivity contribution is 6.07. The predicted molar refractivity (Wildman–Crippen MR) is 99.5 cm³/mol. The highest BCUT2D eigenvalue weighted by Gasteiger charge is 2.39. The fraction of sp³-hybridized carbons (Fsp3) is 0.273. The van der Waals surface area contributed by atoms with Gasteiger partial charge in [-0.1, -0.05) is 18.2 Å². The van der Waals surface area contributed by atoms with Crippen LogP contribution >= 0.6 is 0 Å². The van der Waals surface area contributed by atoms with E-state index in [2.05, 4.69) is 6.07 Å². The number of hydrogen-bond donors (Lipinski definition) is 0. The summed E-state index contributed by atoms with van der Waals surface area (Å²) < 4.78 is 5.94. The smallest absolute Gasteiger partial charge is 0.255 e. The number of hydrogen-bond acceptors (Lipinski definition) is 5. The summed E-state index contributed by atoms with van der Waals surface area (Å²) in [5.41, 5.74) is 2.81. The van der Waals surface area contributed by atoms with Crippen LogP contribution < -0.4 is 4.74 Å². The SMILES string of the molecule is N#Cc1ccc(COc2cccc3c2CN(C2CCC(=O)CC2=O)C3=O)cc1. The van der Waals surface area contributed by atoms with Gasteiger partial charge in [0.1, 0.15) is 18.1 Å². The number of nitriles is 1. The van der Waals surface area contributed by atoms with E-state index in [9.17, 15) is 14.4 Å². The summed E-state index contributed by atoms with van der Waals surface area (Å²) in [6.45, 7) is 0.621. The minimum absolute atomic E-state index is 0.0585. The highest BCUT2D eigenvalue weighted by atomic mass is 16.5. The molecule has 2 aliphatic rings. The quantitative estimate of drug-likeness (QED) is 0.768. The third-order valence-electron chi connectivity index (χ3n) is 5.25. The average Bonchev–Trinajstić information content (AvgIpc) is 3.04. The third-order valence-corrected chi connectivity index (χ3v) is 5.25. The van der Waals surface area contributed by atoms with Crippen LogP contribution in [0, 0.1) is 11.3 Å². The molecular weight excluding hydrogens is 356 g/mol. The van der Waals surface area contributed by atoms with Gasteiger partial charge in [-0.3, -0.25) is 14.4 Å². The Labute approximate surface area is 162 Å². The third kappa shape index (κ3) is 3.27. The summed E-state index contributed by atoms with van der Waals surface area (Å²) in [4.78, 5) is 38.1. The topological polar surface area (TPSA) is 87.5 Å². The van der Waals surface area contributed by atoms with Gasteiger partial charge in [0, 0.05) is 17.5 Å². The van der Waals surface area contributed by atoms with E-state index in [4.69, 9.17) is 10.00 Å². The van der Waals surface area contributed by atoms with Gasteiger partial charge in [-0.2, -0.15) is 5.26 Å². The second kappa shape index (κ2) is 7.28. The van der Waals surface area contributed by atoms with Crippen molar-refractivity contribution in [2.24, 2.45) is 0 Å². The molecule has 1 saturated carbocycles. The van der Waals surface area contributed by atoms with Crippen LogP contribution in [-0.2, 0) is 22.7 Å². The molecule has 28 heavy (non-hydrogen) atoms. The minimum Gasteiger partial charge on any atom is -0.489 e. The molecule has 1 unspecified atom stereocenters. The van der Waals surface area contributed by atoms with E-state index in [1.165, 1.54) is 0 Å². The zero-order valence-electron chi connectivity index (χ0n) is 15.2. The number of benzene rings is 2. The molecule has 2 aromatic rings. The van der Waals surface area contributed by atoms with E-state index in [1.807, 2.05) is 18.2 Å². The molecule has 0 N–H and O–H groups in total. The number of carbonyl (C=O) groups is 3. The van der Waals surface area contributed by atoms with Crippen LogP contribution in [0.15, 0.2) is 42.5 Å². The minimum atomic E-state index is -0.538. The second-order valence-corrected chi connectivity index (χ2v) is 7.05. The number of nitrogens with zero attached hydrogens (tertiary/aromatic N) is 2. The maximum absolute atomic E-state index is 12.8. The number of amides is 1. The number of ketones is 2. The van der Waals surface area contributed by atoms with Crippen LogP contribution in [0.4, 0.5) is 0 Å². The monoisotopic (exact) mass is 374 g/mol. The number of ether oxygens (including phenoxy) is 1. The molecule has 1 atom stereocenters. The molecule has 140 valence electrons. The van der Waals surface area contributed by atoms with Gasteiger partial charge in [-0.25, -0.2) is 0 Å². The lowest BCUT2D eigenvalue weighted by atomic mass is 9.92. The standard InChI is InChI=1S/C22H18N2O4/c23-11-14-4-6-15(7-5-14)13-28-21-3-1-2-17-18(21)12-24(22(17)27)19-9-8-16(25)10-20(19)26/h1-7,19H,8-10,12-13H2. The van der Waals surface area contributed by atoms with Crippen molar-refractivity contribution < 1.29 is 19.1 Å². The summed E-state index contributed by atoms with van der Waals surface area (Å²) in [7, 11) is 0. The lowest BCUT2D eigenvalue weighted by molar-refractivity contribution is -0.133. The number of carbonyl (C=O) groups excluding carboxylic acids is 3. The molecule has 6 heteroatoms. The van der Waals surface area contributed by atoms with Gasteiger partial charge in [0.05, 0.1) is 30.6 Å². The average molecular weight is 374 g/mol. The second-order valence-electron chi connectivity index (χ2n) is 7.05. The van der Waals surface area contributed by atoms with Crippen molar-refractivity contribution in [2.45, 2.75) is 38.5 Å². The van der Waals surface area contributed by atoms with Crippen LogP contribution in [-0.4, -0.2) is 28.4 Å². The van der Waals surface area contributed by atoms with E-state index >= 15 is 0 Å². The Kier molecular flexibility index (Phi) is 4.66. The van der Waals surface area contributed by atoms with Crippen LogP contribution in [0.1, 0.15) is 46.3 Å². The largest absolute Gasteiger partial charge is 0.489 e. The molecule has 1 aliphatic heterocycles. The zero-order chi connectivity index (χ0) is 19.7. The van der Waals surface area contributed by atoms with Crippen molar-refractivity contribution in [1.82, 2.24) is 4.90 Å². The van der Waals surface area contributed by atoms with E-state index in [-0.39, 0.29) is 23.9 Å². The molecule has 4 rings (SSSR count). The zero-order valence-corrected chi connectivity index (χ0v) is 15.2. The molecule has 2 aromatic carbocycles. The summed E-state index contributed by atoms with van der Waals surface area (Å²) in [5, 5.41) is 8.87. The Bertz CT molecular complexity index is 1000. The number of Topliss-reactive ketones (excluding diaryl/α,β-unsaturated/α-hetero) is 2. The van der Waals surface area contributed by atoms with Crippen molar-refractivity contribution in [3.63, 3.8) is 0 Å². The van der Waals surface area contributed by atoms with Gasteiger partial charge in [-0.15, -0.1) is 0 Å². The summed E-state index contributed by atoms with van der Waals surface area (Å²) in [5.74, 6) is 0.179. The number of rotatable bonds is 4. The summed E-state index contributed by atoms with van der Waals surface area (Å²) >= 11 is 0. The molecule has 0 saturated heterocycles. The van der Waals surface area contributed by atoms with Gasteiger partial charge < -0.3 is 9.64 Å². The van der Waals surface area contributed by atoms with Crippen molar-refractivity contribution in [2.75, 3.05) is 0 Å². The summed E-state index contributed by atoms with van der Waals surface area (Å²) in [6.07, 6.45) is 0.629. The first-order valence-corrected chi connectivity index (χ1v) is 9.16. The van der Waals surface area contributed by atoms with Crippen molar-refractivity contribution in [3.8, 4) is 11.8 Å². The van der Waals surface area contributed by atoms with Gasteiger partial charge in [-0.05, 0) is 36.2 Å². The molecule has 0 aromatic heterocycles. The van der Waals surface area contributed by atoms with E-state index in [0.29, 0.717) is 42.9 Å². The molecule has 6 nitrogen and oxygen atoms in total. The van der Waals surface area contributed by atoms with E-state index in [0.717, 1.165) is 11.1 Å². The fourth-order valence-corrected chi connectivity index (χ4v) is 3.74. The first-order valence-electron chi connectivity index (χ1n) is 9.16. The van der Waals surface area contributed by atoms with Gasteiger partial charge in [0.25, 0.3) is 5.91 Å². The molecule has 1 amide bonds. The maximum Gasteiger partial charge on any atom is 0.255 e. The Hall–Kier alpha value is -3.46. The molecular formula is C22H18N2O4. The van der Waals surface area contributed by atoms with Crippen LogP contribution in [0.25, 0.3) is 0 Å². The van der Waals surface area contributed by atoms with E-state index in [1.54, 1.807) is 29.2 Å². The van der Waals surface area contributed by atoms with Gasteiger partial charge in [0.15, 0.2) is 5.78 Å². The lowest BCUT2D eigenvalue weighted by Crippen LogP contribution is -2.44. The normalized spacial score (nSPS) is 18.8. The Morgan fingerprint density at radius 2 is 1.89 bits per heavy atom. The first-order chi connectivity index (χ1) is 13.6. The van der Waals surface area contributed by atoms with Crippen LogP contribution in [0.5, 0.6) is 5.75 Å². The molecule has 1 aliphatic carbocycles. The number of fused-ring (bicyclic) bond motifs is 1. The fourth-order valence-electron chi connectivity index (χ4n) is 3.74. The Morgan fingerprint density at radius 3 is 2.61 bits per heavy atom. The first kappa shape index (κ1) is 17.9. The molecule has 1 fully saturated rings. The highest BCUT2D eigenvalue weighted by Crippen LogP contribution is 2.34. The molecule has 1 heterocycles. The predicted octanol–water partition coefficient (Wildman–Crippen LogP) is 2.78. The van der Waals surface area contributed by atoms with Crippen molar-refractivity contribution >= 4 is 17.5 Å². The Morgan fingerprint density at radius 1 is 1.11 bits per heavy atom. The van der Waals surface area contributed by atoms with E-state index < -0.39 is 6.04 Å². The van der Waals surface area contributed by atoms with Gasteiger partial charge >= 0.3 is 0 Å². The van der Waals surface area contributed by atoms with Crippen LogP contribution in [0.2, 0.25) is 0 Å². The molecule has 0 bridgehead atoms. The van der Waals surface area contributed by atoms with Crippen molar-refractivity contribution in [3.05, 3.63) is 64.7 Å². The lowest BCUT2D eigenvalue weighted by Gasteiger charge is -2.29. The molecule has 0 spiro atoms. The van der Waals surface area contributed by atoms with Crippen LogP contribution in [0.3, 0.4) is 0 Å². The Balaban J connectivity index is 1.51. The maximum atomic E-state index is 12.8.